The molecule has 5 nitrogen and oxygen atoms in total. The van der Waals surface area contributed by atoms with Crippen LogP contribution >= 0.6 is 0 Å². The maximum atomic E-state index is 11.7. The van der Waals surface area contributed by atoms with Gasteiger partial charge in [-0.05, 0) is 55.2 Å². The van der Waals surface area contributed by atoms with Crippen molar-refractivity contribution in [2.24, 2.45) is 0 Å². The molecule has 0 saturated heterocycles. The molecule has 0 aliphatic carbocycles. The summed E-state index contributed by atoms with van der Waals surface area (Å²) in [7, 11) is 3.18. The van der Waals surface area contributed by atoms with Crippen molar-refractivity contribution in [3.63, 3.8) is 0 Å². The molecule has 0 aromatic heterocycles. The van der Waals surface area contributed by atoms with Crippen molar-refractivity contribution < 1.29 is 14.3 Å². The van der Waals surface area contributed by atoms with Crippen molar-refractivity contribution in [3.8, 4) is 11.5 Å². The molecular formula is C20H26N2O3. The highest BCUT2D eigenvalue weighted by atomic mass is 16.5. The molecule has 25 heavy (non-hydrogen) atoms. The first-order valence-corrected chi connectivity index (χ1v) is 8.37. The van der Waals surface area contributed by atoms with Gasteiger partial charge in [0.15, 0.2) is 0 Å². The van der Waals surface area contributed by atoms with E-state index >= 15 is 0 Å². The van der Waals surface area contributed by atoms with E-state index in [1.807, 2.05) is 25.1 Å². The molecule has 2 aromatic rings. The molecule has 2 aromatic carbocycles. The Labute approximate surface area is 149 Å². The highest BCUT2D eigenvalue weighted by Gasteiger charge is 2.13. The minimum atomic E-state index is -0.283. The molecule has 0 fully saturated rings. The smallest absolute Gasteiger partial charge is 0.318 e. The van der Waals surface area contributed by atoms with Gasteiger partial charge in [0.1, 0.15) is 18.1 Å². The average molecular weight is 342 g/mol. The van der Waals surface area contributed by atoms with Crippen molar-refractivity contribution in [2.75, 3.05) is 19.5 Å². The molecule has 0 heterocycles. The molecule has 0 aliphatic heterocycles. The van der Waals surface area contributed by atoms with Crippen LogP contribution in [0.25, 0.3) is 0 Å². The van der Waals surface area contributed by atoms with Crippen LogP contribution in [0.5, 0.6) is 11.5 Å². The monoisotopic (exact) mass is 342 g/mol. The number of hydrogen-bond donors (Lipinski definition) is 2. The molecule has 5 heteroatoms. The van der Waals surface area contributed by atoms with Gasteiger partial charge in [0.05, 0.1) is 18.4 Å². The highest BCUT2D eigenvalue weighted by molar-refractivity contribution is 5.90. The Morgan fingerprint density at radius 1 is 1.12 bits per heavy atom. The summed E-state index contributed by atoms with van der Waals surface area (Å²) in [5.74, 6) is 1.51. The molecule has 134 valence electrons. The number of ether oxygens (including phenoxy) is 2. The van der Waals surface area contributed by atoms with Gasteiger partial charge in [0.25, 0.3) is 0 Å². The van der Waals surface area contributed by atoms with Crippen LogP contribution < -0.4 is 20.1 Å². The van der Waals surface area contributed by atoms with Crippen LogP contribution in [0, 0.1) is 13.8 Å². The molecule has 0 radical (unpaired) electrons. The second-order valence-corrected chi connectivity index (χ2v) is 5.88. The van der Waals surface area contributed by atoms with E-state index in [4.69, 9.17) is 9.47 Å². The Kier molecular flexibility index (Phi) is 6.28. The van der Waals surface area contributed by atoms with Gasteiger partial charge in [-0.25, -0.2) is 4.79 Å². The van der Waals surface area contributed by atoms with E-state index in [9.17, 15) is 4.79 Å². The van der Waals surface area contributed by atoms with Crippen molar-refractivity contribution in [2.45, 2.75) is 33.8 Å². The number of carbonyl (C=O) groups excluding carboxylic acids is 1. The molecule has 0 saturated carbocycles. The summed E-state index contributed by atoms with van der Waals surface area (Å²) in [6, 6.07) is 9.46. The largest absolute Gasteiger partial charge is 0.496 e. The topological polar surface area (TPSA) is 59.6 Å². The molecule has 0 spiro atoms. The second-order valence-electron chi connectivity index (χ2n) is 5.88. The van der Waals surface area contributed by atoms with E-state index in [-0.39, 0.29) is 6.03 Å². The fourth-order valence-electron chi connectivity index (χ4n) is 2.74. The minimum absolute atomic E-state index is 0.283. The van der Waals surface area contributed by atoms with Gasteiger partial charge in [0, 0.05) is 7.05 Å². The van der Waals surface area contributed by atoms with Crippen LogP contribution in [0.15, 0.2) is 30.3 Å². The molecule has 0 bridgehead atoms. The van der Waals surface area contributed by atoms with E-state index in [1.165, 1.54) is 11.1 Å². The third-order valence-electron chi connectivity index (χ3n) is 4.21. The first-order chi connectivity index (χ1) is 12.0. The zero-order valence-electron chi connectivity index (χ0n) is 15.5. The Balaban J connectivity index is 2.28. The zero-order chi connectivity index (χ0) is 18.4. The molecule has 0 aliphatic rings. The van der Waals surface area contributed by atoms with Gasteiger partial charge in [-0.1, -0.05) is 19.1 Å². The molecular weight excluding hydrogens is 316 g/mol. The van der Waals surface area contributed by atoms with Crippen molar-refractivity contribution >= 4 is 11.7 Å². The van der Waals surface area contributed by atoms with Crippen LogP contribution in [0.3, 0.4) is 0 Å². The first-order valence-electron chi connectivity index (χ1n) is 8.37. The Morgan fingerprint density at radius 2 is 1.88 bits per heavy atom. The normalized spacial score (nSPS) is 10.3. The number of urea groups is 1. The molecule has 2 rings (SSSR count). The molecule has 2 amide bonds. The third-order valence-corrected chi connectivity index (χ3v) is 4.21. The van der Waals surface area contributed by atoms with Gasteiger partial charge >= 0.3 is 6.03 Å². The maximum Gasteiger partial charge on any atom is 0.318 e. The number of hydrogen-bond acceptors (Lipinski definition) is 3. The lowest BCUT2D eigenvalue weighted by Crippen LogP contribution is -2.25. The van der Waals surface area contributed by atoms with E-state index in [0.717, 1.165) is 23.3 Å². The summed E-state index contributed by atoms with van der Waals surface area (Å²) in [4.78, 5) is 11.7. The van der Waals surface area contributed by atoms with Crippen LogP contribution in [0.1, 0.15) is 29.2 Å². The van der Waals surface area contributed by atoms with Crippen molar-refractivity contribution in [1.29, 1.82) is 0 Å². The predicted octanol–water partition coefficient (Wildman–Crippen LogP) is 4.20. The Morgan fingerprint density at radius 3 is 2.52 bits per heavy atom. The summed E-state index contributed by atoms with van der Waals surface area (Å²) in [5.41, 5.74) is 5.09. The van der Waals surface area contributed by atoms with Crippen LogP contribution in [0.4, 0.5) is 10.5 Å². The van der Waals surface area contributed by atoms with Gasteiger partial charge in [-0.3, -0.25) is 0 Å². The molecule has 0 atom stereocenters. The highest BCUT2D eigenvalue weighted by Crippen LogP contribution is 2.30. The maximum absolute atomic E-state index is 11.7. The summed E-state index contributed by atoms with van der Waals surface area (Å²) >= 11 is 0. The summed E-state index contributed by atoms with van der Waals surface area (Å²) in [5, 5.41) is 5.35. The van der Waals surface area contributed by atoms with E-state index < -0.39 is 0 Å². The van der Waals surface area contributed by atoms with E-state index in [1.54, 1.807) is 14.2 Å². The number of benzene rings is 2. The number of anilines is 1. The number of methoxy groups -OCH3 is 1. The van der Waals surface area contributed by atoms with Crippen molar-refractivity contribution in [1.82, 2.24) is 5.32 Å². The lowest BCUT2D eigenvalue weighted by atomic mass is 10.0. The number of rotatable bonds is 6. The Bertz CT molecular complexity index is 757. The lowest BCUT2D eigenvalue weighted by Gasteiger charge is -2.17. The zero-order valence-corrected chi connectivity index (χ0v) is 15.5. The number of nitrogens with one attached hydrogen (secondary N) is 2. The second kappa shape index (κ2) is 8.42. The lowest BCUT2D eigenvalue weighted by molar-refractivity contribution is 0.254. The van der Waals surface area contributed by atoms with Gasteiger partial charge in [0.2, 0.25) is 0 Å². The van der Waals surface area contributed by atoms with Gasteiger partial charge < -0.3 is 20.1 Å². The number of amides is 2. The SMILES string of the molecule is CCc1cc(C)c(OCc2c(NC(=O)NC)cccc2OC)cc1C. The van der Waals surface area contributed by atoms with Crippen LogP contribution in [-0.2, 0) is 13.0 Å². The fourth-order valence-corrected chi connectivity index (χ4v) is 2.74. The van der Waals surface area contributed by atoms with Crippen LogP contribution in [-0.4, -0.2) is 20.2 Å². The third kappa shape index (κ3) is 4.44. The molecule has 2 N–H and O–H groups in total. The van der Waals surface area contributed by atoms with Crippen LogP contribution in [0.2, 0.25) is 0 Å². The van der Waals surface area contributed by atoms with E-state index in [2.05, 4.69) is 36.6 Å². The standard InChI is InChI=1S/C20H26N2O3/c1-6-15-10-14(3)19(11-13(15)2)25-12-16-17(22-20(23)21-4)8-7-9-18(16)24-5/h7-11H,6,12H2,1-5H3,(H2,21,22,23). The minimum Gasteiger partial charge on any atom is -0.496 e. The van der Waals surface area contributed by atoms with Crippen molar-refractivity contribution in [3.05, 3.63) is 52.6 Å². The summed E-state index contributed by atoms with van der Waals surface area (Å²) < 4.78 is 11.5. The summed E-state index contributed by atoms with van der Waals surface area (Å²) in [6.45, 7) is 6.58. The predicted molar refractivity (Wildman–Crippen MR) is 101 cm³/mol. The Hall–Kier alpha value is -2.69. The number of carbonyl (C=O) groups is 1. The summed E-state index contributed by atoms with van der Waals surface area (Å²) in [6.07, 6.45) is 1.000. The fraction of sp³-hybridized carbons (Fsp3) is 0.350. The average Bonchev–Trinajstić information content (AvgIpc) is 2.62. The van der Waals surface area contributed by atoms with Gasteiger partial charge in [-0.15, -0.1) is 0 Å². The number of aryl methyl sites for hydroxylation is 3. The first kappa shape index (κ1) is 18.6. The van der Waals surface area contributed by atoms with Gasteiger partial charge in [-0.2, -0.15) is 0 Å². The quantitative estimate of drug-likeness (QED) is 0.827. The molecule has 0 unspecified atom stereocenters. The van der Waals surface area contributed by atoms with E-state index in [0.29, 0.717) is 18.0 Å².